The number of rotatable bonds is 7. The molecule has 0 aliphatic heterocycles. The summed E-state index contributed by atoms with van der Waals surface area (Å²) in [5, 5.41) is 1.69. The fourth-order valence-corrected chi connectivity index (χ4v) is 3.19. The Labute approximate surface area is 154 Å². The maximum Gasteiger partial charge on any atom is 0.405 e. The van der Waals surface area contributed by atoms with Crippen LogP contribution in [0.5, 0.6) is 5.75 Å². The molecule has 2 aromatic rings. The van der Waals surface area contributed by atoms with E-state index in [1.54, 1.807) is 17.4 Å². The summed E-state index contributed by atoms with van der Waals surface area (Å²) >= 11 is 0. The molecule has 0 fully saturated rings. The maximum absolute atomic E-state index is 12.5. The van der Waals surface area contributed by atoms with Crippen molar-refractivity contribution >= 4 is 21.6 Å². The van der Waals surface area contributed by atoms with Crippen molar-refractivity contribution in [3.8, 4) is 5.75 Å². The average molecular weight is 402 g/mol. The molecule has 0 spiro atoms. The van der Waals surface area contributed by atoms with Crippen LogP contribution < -0.4 is 14.8 Å². The van der Waals surface area contributed by atoms with Gasteiger partial charge in [0.15, 0.2) is 0 Å². The number of carbonyl (C=O) groups is 1. The molecular formula is C17H17F3N2O4S. The van der Waals surface area contributed by atoms with Crippen molar-refractivity contribution in [2.75, 3.05) is 17.9 Å². The molecule has 0 aromatic heterocycles. The lowest BCUT2D eigenvalue weighted by Gasteiger charge is -2.11. The summed E-state index contributed by atoms with van der Waals surface area (Å²) in [7, 11) is -4.03. The predicted octanol–water partition coefficient (Wildman–Crippen LogP) is 3.18. The van der Waals surface area contributed by atoms with Crippen LogP contribution in [0.25, 0.3) is 0 Å². The van der Waals surface area contributed by atoms with Gasteiger partial charge in [0, 0.05) is 11.3 Å². The number of sulfonamides is 1. The molecule has 0 unspecified atom stereocenters. The fourth-order valence-electron chi connectivity index (χ4n) is 2.09. The Kier molecular flexibility index (Phi) is 6.32. The Balaban J connectivity index is 2.15. The molecule has 0 saturated carbocycles. The van der Waals surface area contributed by atoms with Gasteiger partial charge >= 0.3 is 6.18 Å². The van der Waals surface area contributed by atoms with Gasteiger partial charge in [0.05, 0.1) is 11.5 Å². The molecule has 0 aliphatic rings. The number of hydrogen-bond donors (Lipinski definition) is 2. The highest BCUT2D eigenvalue weighted by Gasteiger charge is 2.28. The molecule has 2 N–H and O–H groups in total. The predicted molar refractivity (Wildman–Crippen MR) is 93.2 cm³/mol. The smallest absolute Gasteiger partial charge is 0.405 e. The maximum atomic E-state index is 12.5. The van der Waals surface area contributed by atoms with Gasteiger partial charge in [0.25, 0.3) is 15.9 Å². The average Bonchev–Trinajstić information content (AvgIpc) is 2.61. The lowest BCUT2D eigenvalue weighted by atomic mass is 10.2. The molecule has 0 heterocycles. The number of anilines is 1. The first-order valence-electron chi connectivity index (χ1n) is 7.81. The number of alkyl halides is 3. The summed E-state index contributed by atoms with van der Waals surface area (Å²) in [6.07, 6.45) is -4.56. The molecule has 27 heavy (non-hydrogen) atoms. The first-order chi connectivity index (χ1) is 12.6. The van der Waals surface area contributed by atoms with E-state index in [0.29, 0.717) is 12.4 Å². The van der Waals surface area contributed by atoms with Crippen LogP contribution in [0, 0.1) is 0 Å². The van der Waals surface area contributed by atoms with Gasteiger partial charge in [-0.2, -0.15) is 13.2 Å². The molecule has 10 heteroatoms. The first kappa shape index (κ1) is 20.6. The molecule has 0 saturated heterocycles. The normalized spacial score (nSPS) is 11.7. The van der Waals surface area contributed by atoms with Crippen LogP contribution in [0.1, 0.15) is 17.3 Å². The van der Waals surface area contributed by atoms with Crippen molar-refractivity contribution in [2.24, 2.45) is 0 Å². The quantitative estimate of drug-likeness (QED) is 0.745. The van der Waals surface area contributed by atoms with E-state index in [-0.39, 0.29) is 16.1 Å². The highest BCUT2D eigenvalue weighted by molar-refractivity contribution is 7.92. The lowest BCUT2D eigenvalue weighted by molar-refractivity contribution is -0.123. The third-order valence-corrected chi connectivity index (χ3v) is 4.65. The molecule has 0 radical (unpaired) electrons. The summed E-state index contributed by atoms with van der Waals surface area (Å²) in [6, 6.07) is 10.9. The summed E-state index contributed by atoms with van der Waals surface area (Å²) in [4.78, 5) is 11.5. The molecule has 2 rings (SSSR count). The van der Waals surface area contributed by atoms with Gasteiger partial charge in [-0.15, -0.1) is 0 Å². The first-order valence-corrected chi connectivity index (χ1v) is 9.30. The summed E-state index contributed by atoms with van der Waals surface area (Å²) in [5.74, 6) is -0.450. The van der Waals surface area contributed by atoms with Crippen molar-refractivity contribution in [2.45, 2.75) is 18.0 Å². The van der Waals surface area contributed by atoms with Crippen LogP contribution in [0.3, 0.4) is 0 Å². The minimum atomic E-state index is -4.56. The van der Waals surface area contributed by atoms with Gasteiger partial charge in [0.1, 0.15) is 12.3 Å². The van der Waals surface area contributed by atoms with Crippen molar-refractivity contribution in [3.05, 3.63) is 54.1 Å². The second-order valence-corrected chi connectivity index (χ2v) is 7.07. The van der Waals surface area contributed by atoms with Gasteiger partial charge in [-0.25, -0.2) is 8.42 Å². The van der Waals surface area contributed by atoms with E-state index in [4.69, 9.17) is 4.74 Å². The van der Waals surface area contributed by atoms with E-state index in [9.17, 15) is 26.4 Å². The van der Waals surface area contributed by atoms with Crippen molar-refractivity contribution < 1.29 is 31.1 Å². The van der Waals surface area contributed by atoms with Gasteiger partial charge in [-0.05, 0) is 49.4 Å². The Morgan fingerprint density at radius 2 is 1.78 bits per heavy atom. The number of amides is 1. The fraction of sp³-hybridized carbons (Fsp3) is 0.235. The van der Waals surface area contributed by atoms with E-state index in [1.807, 2.05) is 6.92 Å². The monoisotopic (exact) mass is 402 g/mol. The van der Waals surface area contributed by atoms with E-state index in [1.165, 1.54) is 30.3 Å². The topological polar surface area (TPSA) is 84.5 Å². The lowest BCUT2D eigenvalue weighted by Crippen LogP contribution is -2.33. The number of nitrogens with one attached hydrogen (secondary N) is 2. The number of hydrogen-bond acceptors (Lipinski definition) is 4. The van der Waals surface area contributed by atoms with Crippen LogP contribution in [0.2, 0.25) is 0 Å². The second-order valence-electron chi connectivity index (χ2n) is 5.39. The standard InChI is InChI=1S/C17H17F3N2O4S/c1-2-26-14-8-6-13(7-9-14)22-27(24,25)15-5-3-4-12(10-15)16(23)21-11-17(18,19)20/h3-10,22H,2,11H2,1H3,(H,21,23). The van der Waals surface area contributed by atoms with Crippen LogP contribution in [-0.2, 0) is 10.0 Å². The van der Waals surface area contributed by atoms with E-state index >= 15 is 0 Å². The van der Waals surface area contributed by atoms with Crippen molar-refractivity contribution in [1.29, 1.82) is 0 Å². The Bertz CT molecular complexity index is 897. The summed E-state index contributed by atoms with van der Waals surface area (Å²) in [6.45, 7) is 0.774. The molecule has 0 atom stereocenters. The third-order valence-electron chi connectivity index (χ3n) is 3.27. The van der Waals surface area contributed by atoms with E-state index in [2.05, 4.69) is 4.72 Å². The Morgan fingerprint density at radius 3 is 2.37 bits per heavy atom. The van der Waals surface area contributed by atoms with Gasteiger partial charge in [-0.3, -0.25) is 9.52 Å². The Hall–Kier alpha value is -2.75. The molecule has 6 nitrogen and oxygen atoms in total. The van der Waals surface area contributed by atoms with Crippen molar-refractivity contribution in [3.63, 3.8) is 0 Å². The highest BCUT2D eigenvalue weighted by Crippen LogP contribution is 2.20. The molecule has 146 valence electrons. The number of halogens is 3. The minimum Gasteiger partial charge on any atom is -0.494 e. The highest BCUT2D eigenvalue weighted by atomic mass is 32.2. The number of carbonyl (C=O) groups excluding carboxylic acids is 1. The van der Waals surface area contributed by atoms with E-state index < -0.39 is 28.7 Å². The van der Waals surface area contributed by atoms with Crippen LogP contribution in [0.4, 0.5) is 18.9 Å². The zero-order valence-corrected chi connectivity index (χ0v) is 15.0. The summed E-state index contributed by atoms with van der Waals surface area (Å²) < 4.78 is 69.1. The molecular weight excluding hydrogens is 385 g/mol. The zero-order chi connectivity index (χ0) is 20.1. The number of ether oxygens (including phenoxy) is 1. The molecule has 0 bridgehead atoms. The number of benzene rings is 2. The zero-order valence-electron chi connectivity index (χ0n) is 14.2. The largest absolute Gasteiger partial charge is 0.494 e. The van der Waals surface area contributed by atoms with Crippen LogP contribution in [-0.4, -0.2) is 33.7 Å². The van der Waals surface area contributed by atoms with Gasteiger partial charge < -0.3 is 10.1 Å². The molecule has 0 aliphatic carbocycles. The van der Waals surface area contributed by atoms with E-state index in [0.717, 1.165) is 6.07 Å². The van der Waals surface area contributed by atoms with Crippen LogP contribution >= 0.6 is 0 Å². The van der Waals surface area contributed by atoms with Crippen LogP contribution in [0.15, 0.2) is 53.4 Å². The third kappa shape index (κ3) is 6.17. The minimum absolute atomic E-state index is 0.200. The summed E-state index contributed by atoms with van der Waals surface area (Å²) in [5.41, 5.74) is 0.0687. The van der Waals surface area contributed by atoms with Gasteiger partial charge in [0.2, 0.25) is 0 Å². The second kappa shape index (κ2) is 8.30. The SMILES string of the molecule is CCOc1ccc(NS(=O)(=O)c2cccc(C(=O)NCC(F)(F)F)c2)cc1. The molecule has 2 aromatic carbocycles. The Morgan fingerprint density at radius 1 is 1.11 bits per heavy atom. The van der Waals surface area contributed by atoms with Gasteiger partial charge in [-0.1, -0.05) is 6.07 Å². The van der Waals surface area contributed by atoms with Crippen molar-refractivity contribution in [1.82, 2.24) is 5.32 Å². The molecule has 1 amide bonds.